The highest BCUT2D eigenvalue weighted by Crippen LogP contribution is 2.19. The molecule has 0 bridgehead atoms. The van der Waals surface area contributed by atoms with Crippen molar-refractivity contribution in [2.24, 2.45) is 0 Å². The van der Waals surface area contributed by atoms with Crippen LogP contribution >= 0.6 is 15.9 Å². The molecule has 0 amide bonds. The average Bonchev–Trinajstić information content (AvgIpc) is 2.59. The topological polar surface area (TPSA) is 12.5 Å². The number of hydrogen-bond donors (Lipinski definition) is 0. The van der Waals surface area contributed by atoms with Crippen LogP contribution in [0.3, 0.4) is 0 Å². The van der Waals surface area contributed by atoms with Crippen LogP contribution in [0.4, 0.5) is 0 Å². The standard InChI is InChI=1S/C12H24BrNO/c1-11-6-7-12(15-11)10-14(2)9-5-3-4-8-13/h11-12H,3-10H2,1-2H3. The van der Waals surface area contributed by atoms with E-state index < -0.39 is 0 Å². The summed E-state index contributed by atoms with van der Waals surface area (Å²) < 4.78 is 5.81. The fourth-order valence-electron chi connectivity index (χ4n) is 2.11. The highest BCUT2D eigenvalue weighted by molar-refractivity contribution is 9.09. The zero-order valence-corrected chi connectivity index (χ0v) is 11.6. The molecule has 2 unspecified atom stereocenters. The minimum Gasteiger partial charge on any atom is -0.374 e. The van der Waals surface area contributed by atoms with E-state index in [2.05, 4.69) is 34.8 Å². The summed E-state index contributed by atoms with van der Waals surface area (Å²) in [7, 11) is 2.21. The fourth-order valence-corrected chi connectivity index (χ4v) is 2.51. The van der Waals surface area contributed by atoms with Gasteiger partial charge in [0.15, 0.2) is 0 Å². The van der Waals surface area contributed by atoms with Gasteiger partial charge in [-0.2, -0.15) is 0 Å². The Bertz CT molecular complexity index is 166. The smallest absolute Gasteiger partial charge is 0.0706 e. The van der Waals surface area contributed by atoms with Crippen molar-refractivity contribution in [3.8, 4) is 0 Å². The maximum Gasteiger partial charge on any atom is 0.0706 e. The van der Waals surface area contributed by atoms with Crippen molar-refractivity contribution < 1.29 is 4.74 Å². The van der Waals surface area contributed by atoms with Crippen LogP contribution in [0.25, 0.3) is 0 Å². The summed E-state index contributed by atoms with van der Waals surface area (Å²) in [5.41, 5.74) is 0. The van der Waals surface area contributed by atoms with Crippen LogP contribution in [0.15, 0.2) is 0 Å². The van der Waals surface area contributed by atoms with Gasteiger partial charge in [-0.1, -0.05) is 22.4 Å². The van der Waals surface area contributed by atoms with Gasteiger partial charge in [-0.15, -0.1) is 0 Å². The molecule has 1 aliphatic heterocycles. The van der Waals surface area contributed by atoms with E-state index in [1.165, 1.54) is 38.6 Å². The molecule has 0 N–H and O–H groups in total. The SMILES string of the molecule is CC1CCC(CN(C)CCCCCBr)O1. The van der Waals surface area contributed by atoms with Crippen LogP contribution in [0.1, 0.15) is 39.0 Å². The minimum atomic E-state index is 0.483. The molecule has 0 aromatic rings. The van der Waals surface area contributed by atoms with Gasteiger partial charge in [0, 0.05) is 11.9 Å². The Morgan fingerprint density at radius 3 is 2.67 bits per heavy atom. The van der Waals surface area contributed by atoms with Crippen molar-refractivity contribution >= 4 is 15.9 Å². The maximum absolute atomic E-state index is 5.81. The largest absolute Gasteiger partial charge is 0.374 e. The van der Waals surface area contributed by atoms with Gasteiger partial charge in [0.2, 0.25) is 0 Å². The fraction of sp³-hybridized carbons (Fsp3) is 1.00. The molecular formula is C12H24BrNO. The first kappa shape index (κ1) is 13.5. The van der Waals surface area contributed by atoms with Gasteiger partial charge < -0.3 is 9.64 Å². The molecule has 2 nitrogen and oxygen atoms in total. The lowest BCUT2D eigenvalue weighted by Crippen LogP contribution is -2.30. The number of hydrogen-bond acceptors (Lipinski definition) is 2. The summed E-state index contributed by atoms with van der Waals surface area (Å²) in [6.07, 6.45) is 7.39. The molecule has 0 spiro atoms. The number of likely N-dealkylation sites (N-methyl/N-ethyl adjacent to an activating group) is 1. The Hall–Kier alpha value is 0.400. The van der Waals surface area contributed by atoms with Crippen molar-refractivity contribution in [1.29, 1.82) is 0 Å². The predicted molar refractivity (Wildman–Crippen MR) is 68.7 cm³/mol. The average molecular weight is 278 g/mol. The number of alkyl halides is 1. The zero-order valence-electron chi connectivity index (χ0n) is 10.0. The van der Waals surface area contributed by atoms with Gasteiger partial charge in [0.1, 0.15) is 0 Å². The Morgan fingerprint density at radius 2 is 2.07 bits per heavy atom. The molecule has 0 aromatic carbocycles. The summed E-state index contributed by atoms with van der Waals surface area (Å²) in [5, 5.41) is 1.14. The molecular weight excluding hydrogens is 254 g/mol. The van der Waals surface area contributed by atoms with Crippen molar-refractivity contribution in [2.45, 2.75) is 51.2 Å². The predicted octanol–water partition coefficient (Wildman–Crippen LogP) is 3.05. The zero-order chi connectivity index (χ0) is 11.1. The summed E-state index contributed by atoms with van der Waals surface area (Å²) in [5.74, 6) is 0. The Kier molecular flexibility index (Phi) is 6.86. The van der Waals surface area contributed by atoms with Crippen LogP contribution in [-0.4, -0.2) is 42.6 Å². The molecule has 0 saturated carbocycles. The van der Waals surface area contributed by atoms with Gasteiger partial charge >= 0.3 is 0 Å². The summed E-state index contributed by atoms with van der Waals surface area (Å²) in [4.78, 5) is 2.41. The molecule has 15 heavy (non-hydrogen) atoms. The molecule has 1 saturated heterocycles. The molecule has 1 aliphatic rings. The van der Waals surface area contributed by atoms with Gasteiger partial charge in [-0.25, -0.2) is 0 Å². The van der Waals surface area contributed by atoms with E-state index in [4.69, 9.17) is 4.74 Å². The Morgan fingerprint density at radius 1 is 1.27 bits per heavy atom. The first-order valence-electron chi connectivity index (χ1n) is 6.12. The first-order chi connectivity index (χ1) is 7.22. The number of ether oxygens (including phenoxy) is 1. The highest BCUT2D eigenvalue weighted by atomic mass is 79.9. The Labute approximate surface area is 102 Å². The maximum atomic E-state index is 5.81. The first-order valence-corrected chi connectivity index (χ1v) is 7.24. The molecule has 1 fully saturated rings. The van der Waals surface area contributed by atoms with Gasteiger partial charge in [0.25, 0.3) is 0 Å². The second kappa shape index (κ2) is 7.64. The monoisotopic (exact) mass is 277 g/mol. The van der Waals surface area contributed by atoms with E-state index in [1.54, 1.807) is 0 Å². The lowest BCUT2D eigenvalue weighted by molar-refractivity contribution is 0.0363. The number of rotatable bonds is 7. The highest BCUT2D eigenvalue weighted by Gasteiger charge is 2.22. The molecule has 90 valence electrons. The summed E-state index contributed by atoms with van der Waals surface area (Å²) in [6, 6.07) is 0. The van der Waals surface area contributed by atoms with Crippen LogP contribution in [0.2, 0.25) is 0 Å². The van der Waals surface area contributed by atoms with Crippen molar-refractivity contribution in [3.63, 3.8) is 0 Å². The summed E-state index contributed by atoms with van der Waals surface area (Å²) in [6.45, 7) is 4.50. The molecule has 0 aliphatic carbocycles. The lowest BCUT2D eigenvalue weighted by atomic mass is 10.2. The van der Waals surface area contributed by atoms with Crippen LogP contribution in [0, 0.1) is 0 Å². The van der Waals surface area contributed by atoms with Gasteiger partial charge in [0.05, 0.1) is 12.2 Å². The minimum absolute atomic E-state index is 0.483. The van der Waals surface area contributed by atoms with Crippen molar-refractivity contribution in [1.82, 2.24) is 4.90 Å². The van der Waals surface area contributed by atoms with Crippen molar-refractivity contribution in [3.05, 3.63) is 0 Å². The third-order valence-electron chi connectivity index (χ3n) is 3.01. The van der Waals surface area contributed by atoms with E-state index in [0.29, 0.717) is 12.2 Å². The molecule has 2 atom stereocenters. The van der Waals surface area contributed by atoms with E-state index >= 15 is 0 Å². The number of halogens is 1. The third-order valence-corrected chi connectivity index (χ3v) is 3.57. The van der Waals surface area contributed by atoms with Crippen LogP contribution < -0.4 is 0 Å². The van der Waals surface area contributed by atoms with E-state index in [-0.39, 0.29) is 0 Å². The molecule has 3 heteroatoms. The van der Waals surface area contributed by atoms with E-state index in [0.717, 1.165) is 11.9 Å². The van der Waals surface area contributed by atoms with Crippen molar-refractivity contribution in [2.75, 3.05) is 25.5 Å². The van der Waals surface area contributed by atoms with E-state index in [9.17, 15) is 0 Å². The van der Waals surface area contributed by atoms with Crippen LogP contribution in [0.5, 0.6) is 0 Å². The quantitative estimate of drug-likeness (QED) is 0.524. The normalized spacial score (nSPS) is 26.4. The molecule has 0 aromatic heterocycles. The molecule has 0 radical (unpaired) electrons. The van der Waals surface area contributed by atoms with Gasteiger partial charge in [-0.3, -0.25) is 0 Å². The Balaban J connectivity index is 2.00. The second-order valence-corrected chi connectivity index (χ2v) is 5.45. The third kappa shape index (κ3) is 5.88. The number of nitrogens with zero attached hydrogens (tertiary/aromatic N) is 1. The van der Waals surface area contributed by atoms with Gasteiger partial charge in [-0.05, 0) is 46.2 Å². The lowest BCUT2D eigenvalue weighted by Gasteiger charge is -2.20. The summed E-state index contributed by atoms with van der Waals surface area (Å²) >= 11 is 3.46. The molecule has 1 rings (SSSR count). The van der Waals surface area contributed by atoms with Crippen LogP contribution in [-0.2, 0) is 4.74 Å². The van der Waals surface area contributed by atoms with E-state index in [1.807, 2.05) is 0 Å². The second-order valence-electron chi connectivity index (χ2n) is 4.66. The molecule has 1 heterocycles. The number of unbranched alkanes of at least 4 members (excludes halogenated alkanes) is 2.